The first-order valence-electron chi connectivity index (χ1n) is 8.34. The van der Waals surface area contributed by atoms with Crippen molar-refractivity contribution < 1.29 is 14.6 Å². The lowest BCUT2D eigenvalue weighted by molar-refractivity contribution is -0.125. The second-order valence-electron chi connectivity index (χ2n) is 6.55. The molecule has 0 spiro atoms. The van der Waals surface area contributed by atoms with E-state index in [1.165, 1.54) is 0 Å². The number of amides is 1. The topological polar surface area (TPSA) is 61.8 Å². The number of hydrogen-bond acceptors (Lipinski definition) is 4. The normalized spacial score (nSPS) is 20.3. The van der Waals surface area contributed by atoms with Gasteiger partial charge in [-0.15, -0.1) is 0 Å². The van der Waals surface area contributed by atoms with Crippen molar-refractivity contribution in [1.82, 2.24) is 10.2 Å². The molecule has 1 fully saturated rings. The number of benzene rings is 1. The van der Waals surface area contributed by atoms with Crippen molar-refractivity contribution in [3.8, 4) is 5.75 Å². The Balaban J connectivity index is 1.90. The van der Waals surface area contributed by atoms with Crippen LogP contribution >= 0.6 is 0 Å². The highest BCUT2D eigenvalue weighted by molar-refractivity contribution is 5.78. The van der Waals surface area contributed by atoms with Crippen LogP contribution in [0.4, 0.5) is 0 Å². The Morgan fingerprint density at radius 2 is 2.26 bits per heavy atom. The van der Waals surface area contributed by atoms with E-state index in [-0.39, 0.29) is 17.9 Å². The smallest absolute Gasteiger partial charge is 0.222 e. The highest BCUT2D eigenvalue weighted by Gasteiger charge is 2.24. The quantitative estimate of drug-likeness (QED) is 0.841. The Hall–Kier alpha value is -1.59. The van der Waals surface area contributed by atoms with Crippen molar-refractivity contribution in [2.24, 2.45) is 5.92 Å². The van der Waals surface area contributed by atoms with E-state index in [4.69, 9.17) is 4.74 Å². The molecule has 0 aliphatic carbocycles. The SMILES string of the molecule is COc1cccc([C@H](O)CN2CCC[C@@H](NC(=O)C(C)C)C2)c1. The Morgan fingerprint density at radius 1 is 1.48 bits per heavy atom. The molecule has 1 amide bonds. The van der Waals surface area contributed by atoms with Gasteiger partial charge in [0, 0.05) is 25.0 Å². The van der Waals surface area contributed by atoms with E-state index in [1.54, 1.807) is 7.11 Å². The number of rotatable bonds is 6. The summed E-state index contributed by atoms with van der Waals surface area (Å²) in [4.78, 5) is 14.1. The van der Waals surface area contributed by atoms with E-state index in [0.29, 0.717) is 6.54 Å². The van der Waals surface area contributed by atoms with Crippen molar-refractivity contribution in [2.45, 2.75) is 38.8 Å². The first kappa shape index (κ1) is 17.8. The van der Waals surface area contributed by atoms with Gasteiger partial charge in [-0.2, -0.15) is 0 Å². The lowest BCUT2D eigenvalue weighted by Crippen LogP contribution is -2.49. The molecule has 0 unspecified atom stereocenters. The second kappa shape index (κ2) is 8.31. The minimum atomic E-state index is -0.551. The van der Waals surface area contributed by atoms with Crippen LogP contribution in [-0.4, -0.2) is 48.7 Å². The first-order chi connectivity index (χ1) is 11.0. The highest BCUT2D eigenvalue weighted by Crippen LogP contribution is 2.21. The maximum atomic E-state index is 11.8. The van der Waals surface area contributed by atoms with E-state index in [9.17, 15) is 9.90 Å². The zero-order valence-corrected chi connectivity index (χ0v) is 14.3. The van der Waals surface area contributed by atoms with Crippen LogP contribution in [-0.2, 0) is 4.79 Å². The average Bonchev–Trinajstić information content (AvgIpc) is 2.55. The van der Waals surface area contributed by atoms with Crippen LogP contribution in [0.25, 0.3) is 0 Å². The summed E-state index contributed by atoms with van der Waals surface area (Å²) in [6.07, 6.45) is 1.49. The summed E-state index contributed by atoms with van der Waals surface area (Å²) in [6.45, 7) is 6.13. The largest absolute Gasteiger partial charge is 0.497 e. The average molecular weight is 320 g/mol. The van der Waals surface area contributed by atoms with Gasteiger partial charge in [0.15, 0.2) is 0 Å². The van der Waals surface area contributed by atoms with Gasteiger partial charge in [0.2, 0.25) is 5.91 Å². The number of carbonyl (C=O) groups excluding carboxylic acids is 1. The number of β-amino-alcohol motifs (C(OH)–C–C–N with tert-alkyl or cyclic N) is 1. The third-order valence-electron chi connectivity index (χ3n) is 4.29. The number of nitrogens with one attached hydrogen (secondary N) is 1. The van der Waals surface area contributed by atoms with Crippen LogP contribution in [0.15, 0.2) is 24.3 Å². The fraction of sp³-hybridized carbons (Fsp3) is 0.611. The molecular formula is C18H28N2O3. The molecule has 1 aliphatic heterocycles. The van der Waals surface area contributed by atoms with Crippen molar-refractivity contribution >= 4 is 5.91 Å². The number of aliphatic hydroxyl groups is 1. The third-order valence-corrected chi connectivity index (χ3v) is 4.29. The molecule has 5 nitrogen and oxygen atoms in total. The molecular weight excluding hydrogens is 292 g/mol. The molecule has 1 heterocycles. The van der Waals surface area contributed by atoms with E-state index in [2.05, 4.69) is 10.2 Å². The van der Waals surface area contributed by atoms with Gasteiger partial charge < -0.3 is 15.2 Å². The Labute approximate surface area is 138 Å². The van der Waals surface area contributed by atoms with Gasteiger partial charge in [-0.3, -0.25) is 9.69 Å². The second-order valence-corrected chi connectivity index (χ2v) is 6.55. The summed E-state index contributed by atoms with van der Waals surface area (Å²) in [5.41, 5.74) is 0.859. The standard InChI is InChI=1S/C18H28N2O3/c1-13(2)18(22)19-15-7-5-9-20(11-15)12-17(21)14-6-4-8-16(10-14)23-3/h4,6,8,10,13,15,17,21H,5,7,9,11-12H2,1-3H3,(H,19,22)/t15-,17-/m1/s1. The van der Waals surface area contributed by atoms with Crippen LogP contribution in [0, 0.1) is 5.92 Å². The number of ether oxygens (including phenoxy) is 1. The minimum absolute atomic E-state index is 0.00718. The molecule has 1 aromatic rings. The Bertz CT molecular complexity index is 519. The zero-order chi connectivity index (χ0) is 16.8. The van der Waals surface area contributed by atoms with E-state index >= 15 is 0 Å². The molecule has 5 heteroatoms. The monoisotopic (exact) mass is 320 g/mol. The van der Waals surface area contributed by atoms with Crippen LogP contribution in [0.2, 0.25) is 0 Å². The molecule has 0 saturated carbocycles. The van der Waals surface area contributed by atoms with Crippen molar-refractivity contribution in [3.05, 3.63) is 29.8 Å². The van der Waals surface area contributed by atoms with Gasteiger partial charge in [-0.1, -0.05) is 26.0 Å². The molecule has 1 saturated heterocycles. The van der Waals surface area contributed by atoms with Gasteiger partial charge in [-0.25, -0.2) is 0 Å². The van der Waals surface area contributed by atoms with Crippen LogP contribution < -0.4 is 10.1 Å². The lowest BCUT2D eigenvalue weighted by Gasteiger charge is -2.34. The molecule has 2 N–H and O–H groups in total. The fourth-order valence-corrected chi connectivity index (χ4v) is 2.91. The maximum Gasteiger partial charge on any atom is 0.222 e. The summed E-state index contributed by atoms with van der Waals surface area (Å²) in [6, 6.07) is 7.71. The fourth-order valence-electron chi connectivity index (χ4n) is 2.91. The van der Waals surface area contributed by atoms with Crippen molar-refractivity contribution in [3.63, 3.8) is 0 Å². The molecule has 0 aromatic heterocycles. The predicted octanol–water partition coefficient (Wildman–Crippen LogP) is 1.97. The number of methoxy groups -OCH3 is 1. The molecule has 0 radical (unpaired) electrons. The molecule has 128 valence electrons. The first-order valence-corrected chi connectivity index (χ1v) is 8.34. The Morgan fingerprint density at radius 3 is 2.96 bits per heavy atom. The van der Waals surface area contributed by atoms with Crippen molar-refractivity contribution in [1.29, 1.82) is 0 Å². The number of piperidine rings is 1. The van der Waals surface area contributed by atoms with Gasteiger partial charge in [-0.05, 0) is 37.1 Å². The number of carbonyl (C=O) groups is 1. The molecule has 2 atom stereocenters. The number of hydrogen-bond donors (Lipinski definition) is 2. The lowest BCUT2D eigenvalue weighted by atomic mass is 10.0. The molecule has 0 bridgehead atoms. The molecule has 1 aliphatic rings. The van der Waals surface area contributed by atoms with Gasteiger partial charge in [0.1, 0.15) is 5.75 Å². The van der Waals surface area contributed by atoms with E-state index in [1.807, 2.05) is 38.1 Å². The number of likely N-dealkylation sites (tertiary alicyclic amines) is 1. The molecule has 2 rings (SSSR count). The third kappa shape index (κ3) is 5.22. The molecule has 23 heavy (non-hydrogen) atoms. The zero-order valence-electron chi connectivity index (χ0n) is 14.3. The Kier molecular flexibility index (Phi) is 6.42. The van der Waals surface area contributed by atoms with Crippen LogP contribution in [0.5, 0.6) is 5.75 Å². The maximum absolute atomic E-state index is 11.8. The van der Waals surface area contributed by atoms with E-state index < -0.39 is 6.10 Å². The summed E-state index contributed by atoms with van der Waals surface area (Å²) < 4.78 is 5.21. The van der Waals surface area contributed by atoms with Gasteiger partial charge >= 0.3 is 0 Å². The van der Waals surface area contributed by atoms with Gasteiger partial charge in [0.25, 0.3) is 0 Å². The van der Waals surface area contributed by atoms with E-state index in [0.717, 1.165) is 37.2 Å². The van der Waals surface area contributed by atoms with Gasteiger partial charge in [0.05, 0.1) is 13.2 Å². The van der Waals surface area contributed by atoms with Crippen molar-refractivity contribution in [2.75, 3.05) is 26.7 Å². The van der Waals surface area contributed by atoms with Crippen LogP contribution in [0.1, 0.15) is 38.4 Å². The number of aliphatic hydroxyl groups excluding tert-OH is 1. The molecule has 1 aromatic carbocycles. The summed E-state index contributed by atoms with van der Waals surface area (Å²) in [7, 11) is 1.62. The predicted molar refractivity (Wildman–Crippen MR) is 90.4 cm³/mol. The minimum Gasteiger partial charge on any atom is -0.497 e. The summed E-state index contributed by atoms with van der Waals surface area (Å²) >= 11 is 0. The highest BCUT2D eigenvalue weighted by atomic mass is 16.5. The van der Waals surface area contributed by atoms with Crippen LogP contribution in [0.3, 0.4) is 0 Å². The number of nitrogens with zero attached hydrogens (tertiary/aromatic N) is 1. The summed E-state index contributed by atoms with van der Waals surface area (Å²) in [5.74, 6) is 0.861. The summed E-state index contributed by atoms with van der Waals surface area (Å²) in [5, 5.41) is 13.6.